The molecule has 0 spiro atoms. The maximum atomic E-state index is 13.2. The zero-order chi connectivity index (χ0) is 12.6. The average Bonchev–Trinajstić information content (AvgIpc) is 2.83. The Bertz CT molecular complexity index is 558. The van der Waals surface area contributed by atoms with E-state index in [0.29, 0.717) is 0 Å². The van der Waals surface area contributed by atoms with Gasteiger partial charge in [-0.2, -0.15) is 0 Å². The number of rotatable bonds is 2. The van der Waals surface area contributed by atoms with Crippen molar-refractivity contribution in [3.05, 3.63) is 29.0 Å². The topological polar surface area (TPSA) is 24.9 Å². The molecule has 0 amide bonds. The van der Waals surface area contributed by atoms with E-state index in [1.807, 2.05) is 0 Å². The molecule has 0 unspecified atom stereocenters. The van der Waals surface area contributed by atoms with Crippen LogP contribution >= 0.6 is 11.3 Å². The van der Waals surface area contributed by atoms with Gasteiger partial charge in [0, 0.05) is 5.41 Å². The van der Waals surface area contributed by atoms with Crippen LogP contribution in [0.4, 0.5) is 4.39 Å². The number of piperidine rings is 1. The van der Waals surface area contributed by atoms with Crippen molar-refractivity contribution in [3.63, 3.8) is 0 Å². The first kappa shape index (κ1) is 12.1. The molecule has 2 heterocycles. The van der Waals surface area contributed by atoms with Crippen LogP contribution in [0.5, 0.6) is 0 Å². The molecular weight excluding hydrogens is 247 g/mol. The minimum absolute atomic E-state index is 0.173. The zero-order valence-corrected chi connectivity index (χ0v) is 11.3. The third-order valence-corrected chi connectivity index (χ3v) is 5.31. The van der Waals surface area contributed by atoms with Crippen LogP contribution in [0.15, 0.2) is 18.2 Å². The molecule has 1 N–H and O–H groups in total. The summed E-state index contributed by atoms with van der Waals surface area (Å²) in [5.41, 5.74) is 1.13. The molecule has 2 nitrogen and oxygen atoms in total. The van der Waals surface area contributed by atoms with Crippen molar-refractivity contribution < 1.29 is 4.39 Å². The van der Waals surface area contributed by atoms with Gasteiger partial charge in [-0.1, -0.05) is 6.92 Å². The standard InChI is InChI=1S/C14H17FN2S/c1-2-14(5-7-16-8-6-14)13-17-11-4-3-10(15)9-12(11)18-13/h3-4,9,16H,2,5-8H2,1H3. The molecule has 4 heteroatoms. The van der Waals surface area contributed by atoms with Crippen LogP contribution in [0.1, 0.15) is 31.2 Å². The van der Waals surface area contributed by atoms with Crippen molar-refractivity contribution in [3.8, 4) is 0 Å². The van der Waals surface area contributed by atoms with Gasteiger partial charge in [0.25, 0.3) is 0 Å². The summed E-state index contributed by atoms with van der Waals surface area (Å²) in [5, 5.41) is 4.59. The van der Waals surface area contributed by atoms with E-state index in [1.54, 1.807) is 23.5 Å². The highest BCUT2D eigenvalue weighted by atomic mass is 32.1. The Labute approximate surface area is 110 Å². The first-order valence-electron chi connectivity index (χ1n) is 6.51. The number of nitrogens with zero attached hydrogens (tertiary/aromatic N) is 1. The summed E-state index contributed by atoms with van der Waals surface area (Å²) in [5.74, 6) is -0.173. The first-order valence-corrected chi connectivity index (χ1v) is 7.32. The van der Waals surface area contributed by atoms with Crippen LogP contribution in [0, 0.1) is 5.82 Å². The van der Waals surface area contributed by atoms with E-state index in [2.05, 4.69) is 12.2 Å². The Morgan fingerprint density at radius 1 is 1.39 bits per heavy atom. The third kappa shape index (κ3) is 1.93. The summed E-state index contributed by atoms with van der Waals surface area (Å²) in [4.78, 5) is 4.74. The second-order valence-electron chi connectivity index (χ2n) is 5.01. The lowest BCUT2D eigenvalue weighted by molar-refractivity contribution is 0.297. The average molecular weight is 264 g/mol. The van der Waals surface area contributed by atoms with E-state index >= 15 is 0 Å². The molecule has 3 rings (SSSR count). The fraction of sp³-hybridized carbons (Fsp3) is 0.500. The molecule has 18 heavy (non-hydrogen) atoms. The summed E-state index contributed by atoms with van der Waals surface area (Å²) in [6.45, 7) is 4.34. The molecule has 2 aromatic rings. The van der Waals surface area contributed by atoms with E-state index in [1.165, 1.54) is 11.1 Å². The molecule has 1 aromatic heterocycles. The molecular formula is C14H17FN2S. The fourth-order valence-corrected chi connectivity index (χ4v) is 4.06. The second kappa shape index (κ2) is 4.59. The predicted molar refractivity (Wildman–Crippen MR) is 73.7 cm³/mol. The molecule has 1 saturated heterocycles. The van der Waals surface area contributed by atoms with Crippen LogP contribution in [-0.4, -0.2) is 18.1 Å². The summed E-state index contributed by atoms with van der Waals surface area (Å²) < 4.78 is 14.2. The highest BCUT2D eigenvalue weighted by Crippen LogP contribution is 2.40. The van der Waals surface area contributed by atoms with Crippen molar-refractivity contribution in [2.75, 3.05) is 13.1 Å². The summed E-state index contributed by atoms with van der Waals surface area (Å²) in [7, 11) is 0. The molecule has 0 saturated carbocycles. The number of halogens is 1. The van der Waals surface area contributed by atoms with Crippen LogP contribution in [0.25, 0.3) is 10.2 Å². The summed E-state index contributed by atoms with van der Waals surface area (Å²) in [6, 6.07) is 4.88. The van der Waals surface area contributed by atoms with Crippen molar-refractivity contribution in [1.29, 1.82) is 0 Å². The van der Waals surface area contributed by atoms with Gasteiger partial charge in [0.05, 0.1) is 10.2 Å². The van der Waals surface area contributed by atoms with Crippen LogP contribution < -0.4 is 5.32 Å². The predicted octanol–water partition coefficient (Wildman–Crippen LogP) is 3.47. The SMILES string of the molecule is CCC1(c2nc3ccc(F)cc3s2)CCNCC1. The molecule has 96 valence electrons. The lowest BCUT2D eigenvalue weighted by Crippen LogP contribution is -2.39. The van der Waals surface area contributed by atoms with E-state index in [4.69, 9.17) is 4.98 Å². The lowest BCUT2D eigenvalue weighted by atomic mass is 9.77. The Morgan fingerprint density at radius 2 is 2.17 bits per heavy atom. The molecule has 1 aliphatic rings. The van der Waals surface area contributed by atoms with Crippen molar-refractivity contribution in [2.24, 2.45) is 0 Å². The van der Waals surface area contributed by atoms with Crippen LogP contribution in [0.3, 0.4) is 0 Å². The van der Waals surface area contributed by atoms with E-state index in [0.717, 1.165) is 42.6 Å². The summed E-state index contributed by atoms with van der Waals surface area (Å²) >= 11 is 1.66. The van der Waals surface area contributed by atoms with Gasteiger partial charge >= 0.3 is 0 Å². The van der Waals surface area contributed by atoms with Gasteiger partial charge in [-0.05, 0) is 50.6 Å². The van der Waals surface area contributed by atoms with E-state index in [9.17, 15) is 4.39 Å². The van der Waals surface area contributed by atoms with E-state index < -0.39 is 0 Å². The molecule has 0 bridgehead atoms. The molecule has 0 atom stereocenters. The lowest BCUT2D eigenvalue weighted by Gasteiger charge is -2.34. The number of aromatic nitrogens is 1. The van der Waals surface area contributed by atoms with Gasteiger partial charge in [-0.25, -0.2) is 9.37 Å². The highest BCUT2D eigenvalue weighted by Gasteiger charge is 2.35. The zero-order valence-electron chi connectivity index (χ0n) is 10.5. The number of hydrogen-bond acceptors (Lipinski definition) is 3. The Balaban J connectivity index is 2.06. The van der Waals surface area contributed by atoms with Crippen LogP contribution in [0.2, 0.25) is 0 Å². The number of nitrogens with one attached hydrogen (secondary N) is 1. The van der Waals surface area contributed by atoms with Gasteiger partial charge in [0.2, 0.25) is 0 Å². The number of benzene rings is 1. The van der Waals surface area contributed by atoms with Crippen LogP contribution in [-0.2, 0) is 5.41 Å². The maximum absolute atomic E-state index is 13.2. The minimum Gasteiger partial charge on any atom is -0.317 e. The highest BCUT2D eigenvalue weighted by molar-refractivity contribution is 7.18. The number of thiazole rings is 1. The normalized spacial score (nSPS) is 19.2. The number of fused-ring (bicyclic) bond motifs is 1. The van der Waals surface area contributed by atoms with Gasteiger partial charge in [-0.15, -0.1) is 11.3 Å². The maximum Gasteiger partial charge on any atom is 0.124 e. The monoisotopic (exact) mass is 264 g/mol. The number of hydrogen-bond donors (Lipinski definition) is 1. The largest absolute Gasteiger partial charge is 0.317 e. The Morgan fingerprint density at radius 3 is 2.89 bits per heavy atom. The van der Waals surface area contributed by atoms with E-state index in [-0.39, 0.29) is 11.2 Å². The Kier molecular flexibility index (Phi) is 3.08. The van der Waals surface area contributed by atoms with Gasteiger partial charge in [0.1, 0.15) is 10.8 Å². The fourth-order valence-electron chi connectivity index (χ4n) is 2.75. The molecule has 1 aliphatic heterocycles. The first-order chi connectivity index (χ1) is 8.73. The molecule has 0 radical (unpaired) electrons. The van der Waals surface area contributed by atoms with Crippen molar-refractivity contribution >= 4 is 21.6 Å². The van der Waals surface area contributed by atoms with Gasteiger partial charge in [-0.3, -0.25) is 0 Å². The van der Waals surface area contributed by atoms with Crippen molar-refractivity contribution in [1.82, 2.24) is 10.3 Å². The Hall–Kier alpha value is -1.00. The third-order valence-electron chi connectivity index (χ3n) is 4.04. The molecule has 1 fully saturated rings. The minimum atomic E-state index is -0.173. The molecule has 0 aliphatic carbocycles. The van der Waals surface area contributed by atoms with Gasteiger partial charge < -0.3 is 5.32 Å². The van der Waals surface area contributed by atoms with Gasteiger partial charge in [0.15, 0.2) is 0 Å². The molecule has 1 aromatic carbocycles. The smallest absolute Gasteiger partial charge is 0.124 e. The quantitative estimate of drug-likeness (QED) is 0.898. The second-order valence-corrected chi connectivity index (χ2v) is 6.05. The van der Waals surface area contributed by atoms with Crippen molar-refractivity contribution in [2.45, 2.75) is 31.6 Å². The summed E-state index contributed by atoms with van der Waals surface area (Å²) in [6.07, 6.45) is 3.37.